The molecule has 4 nitrogen and oxygen atoms in total. The van der Waals surface area contributed by atoms with Gasteiger partial charge in [0.25, 0.3) is 0 Å². The molecule has 0 aliphatic carbocycles. The van der Waals surface area contributed by atoms with Crippen molar-refractivity contribution in [2.24, 2.45) is 0 Å². The molecular formula is C10H10LiNO3. The van der Waals surface area contributed by atoms with Crippen LogP contribution in [-0.4, -0.2) is 18.1 Å². The minimum atomic E-state index is -0.657. The number of amides is 1. The quantitative estimate of drug-likeness (QED) is 0.340. The van der Waals surface area contributed by atoms with Crippen LogP contribution in [0.25, 0.3) is 0 Å². The van der Waals surface area contributed by atoms with E-state index in [2.05, 4.69) is 10.1 Å². The Bertz CT molecular complexity index is 372. The van der Waals surface area contributed by atoms with Crippen LogP contribution in [0.15, 0.2) is 30.3 Å². The molecule has 0 radical (unpaired) electrons. The summed E-state index contributed by atoms with van der Waals surface area (Å²) >= 11 is 0. The third-order valence-corrected chi connectivity index (χ3v) is 2.05. The minimum Gasteiger partial charge on any atom is -1.00 e. The summed E-state index contributed by atoms with van der Waals surface area (Å²) in [5, 5.41) is 2.44. The molecule has 0 saturated carbocycles. The average Bonchev–Trinajstić information content (AvgIpc) is 2.47. The van der Waals surface area contributed by atoms with E-state index in [0.29, 0.717) is 6.42 Å². The molecule has 1 N–H and O–H groups in total. The average molecular weight is 199 g/mol. The first kappa shape index (κ1) is 11.8. The van der Waals surface area contributed by atoms with Crippen molar-refractivity contribution in [2.45, 2.75) is 12.5 Å². The Kier molecular flexibility index (Phi) is 3.95. The summed E-state index contributed by atoms with van der Waals surface area (Å²) in [4.78, 5) is 21.8. The number of ether oxygens (including phenoxy) is 1. The third kappa shape index (κ3) is 2.85. The molecule has 0 spiro atoms. The smallest absolute Gasteiger partial charge is 1.00 e. The zero-order valence-corrected chi connectivity index (χ0v) is 8.40. The second kappa shape index (κ2) is 5.01. The van der Waals surface area contributed by atoms with Gasteiger partial charge in [-0.15, -0.1) is 0 Å². The number of benzene rings is 1. The fraction of sp³-hybridized carbons (Fsp3) is 0.200. The Balaban J connectivity index is 0.00000112. The number of nitrogens with one attached hydrogen (secondary N) is 1. The topological polar surface area (TPSA) is 55.4 Å². The second-order valence-corrected chi connectivity index (χ2v) is 3.10. The standard InChI is InChI=1S/C10H9NO3.Li.H/c12-9-8(11-10(13)14-9)6-7-4-2-1-3-5-7;;/h1-5,8H,6H2,(H,11,13);;/q;+1;-1. The zero-order chi connectivity index (χ0) is 9.97. The summed E-state index contributed by atoms with van der Waals surface area (Å²) in [6.45, 7) is 0. The predicted octanol–water partition coefficient (Wildman–Crippen LogP) is -2.02. The number of carbonyl (C=O) groups is 2. The first-order valence-corrected chi connectivity index (χ1v) is 4.32. The molecule has 0 aromatic heterocycles. The molecule has 0 bridgehead atoms. The van der Waals surface area contributed by atoms with E-state index in [0.717, 1.165) is 5.56 Å². The molecule has 1 aliphatic rings. The maximum Gasteiger partial charge on any atom is 1.00 e. The van der Waals surface area contributed by atoms with Crippen molar-refractivity contribution in [3.05, 3.63) is 35.9 Å². The number of hydrogen-bond donors (Lipinski definition) is 1. The number of carbonyl (C=O) groups excluding carboxylic acids is 2. The van der Waals surface area contributed by atoms with Crippen LogP contribution in [0.4, 0.5) is 4.79 Å². The van der Waals surface area contributed by atoms with Crippen molar-refractivity contribution in [1.82, 2.24) is 5.32 Å². The molecule has 1 heterocycles. The number of cyclic esters (lactones) is 2. The van der Waals surface area contributed by atoms with Crippen LogP contribution in [0.1, 0.15) is 6.99 Å². The molecule has 5 heteroatoms. The summed E-state index contributed by atoms with van der Waals surface area (Å²) in [7, 11) is 0. The Morgan fingerprint density at radius 1 is 1.27 bits per heavy atom. The molecule has 1 aliphatic heterocycles. The van der Waals surface area contributed by atoms with Gasteiger partial charge < -0.3 is 11.5 Å². The first-order chi connectivity index (χ1) is 6.75. The van der Waals surface area contributed by atoms with Crippen molar-refractivity contribution < 1.29 is 34.6 Å². The molecular weight excluding hydrogens is 189 g/mol. The molecule has 1 atom stereocenters. The SMILES string of the molecule is O=C1NC(Cc2ccccc2)C(=O)O1.[H-].[Li+]. The van der Waals surface area contributed by atoms with Crippen molar-refractivity contribution in [2.75, 3.05) is 0 Å². The van der Waals surface area contributed by atoms with Gasteiger partial charge in [0.1, 0.15) is 6.04 Å². The van der Waals surface area contributed by atoms with Gasteiger partial charge in [0.15, 0.2) is 0 Å². The Hall–Kier alpha value is -1.24. The minimum absolute atomic E-state index is 0. The van der Waals surface area contributed by atoms with Gasteiger partial charge in [-0.2, -0.15) is 0 Å². The van der Waals surface area contributed by atoms with Crippen LogP contribution < -0.4 is 24.2 Å². The maximum absolute atomic E-state index is 11.1. The molecule has 1 amide bonds. The molecule has 1 unspecified atom stereocenters. The molecule has 2 rings (SSSR count). The summed E-state index contributed by atoms with van der Waals surface area (Å²) in [6, 6.07) is 8.93. The van der Waals surface area contributed by atoms with E-state index in [9.17, 15) is 9.59 Å². The van der Waals surface area contributed by atoms with E-state index in [-0.39, 0.29) is 20.3 Å². The Morgan fingerprint density at radius 3 is 2.47 bits per heavy atom. The van der Waals surface area contributed by atoms with Gasteiger partial charge in [-0.25, -0.2) is 9.59 Å². The first-order valence-electron chi connectivity index (χ1n) is 4.32. The van der Waals surface area contributed by atoms with Gasteiger partial charge in [0.2, 0.25) is 0 Å². The molecule has 1 saturated heterocycles. The predicted molar refractivity (Wildman–Crippen MR) is 49.7 cm³/mol. The van der Waals surface area contributed by atoms with Gasteiger partial charge in [0.05, 0.1) is 0 Å². The second-order valence-electron chi connectivity index (χ2n) is 3.10. The van der Waals surface area contributed by atoms with E-state index >= 15 is 0 Å². The largest absolute Gasteiger partial charge is 1.00 e. The van der Waals surface area contributed by atoms with E-state index < -0.39 is 18.1 Å². The fourth-order valence-corrected chi connectivity index (χ4v) is 1.38. The van der Waals surface area contributed by atoms with Crippen LogP contribution in [0.2, 0.25) is 0 Å². The molecule has 1 aromatic rings. The molecule has 1 aromatic carbocycles. The van der Waals surface area contributed by atoms with Crippen molar-refractivity contribution >= 4 is 12.1 Å². The normalized spacial score (nSPS) is 19.1. The van der Waals surface area contributed by atoms with E-state index in [1.807, 2.05) is 30.3 Å². The Morgan fingerprint density at radius 2 is 1.93 bits per heavy atom. The summed E-state index contributed by atoms with van der Waals surface area (Å²) in [5.41, 5.74) is 0.997. The number of alkyl carbamates (subject to hydrolysis) is 1. The summed E-state index contributed by atoms with van der Waals surface area (Å²) < 4.78 is 4.36. The van der Waals surface area contributed by atoms with Crippen molar-refractivity contribution in [1.29, 1.82) is 0 Å². The molecule has 74 valence electrons. The van der Waals surface area contributed by atoms with E-state index in [1.165, 1.54) is 0 Å². The van der Waals surface area contributed by atoms with Gasteiger partial charge >= 0.3 is 30.9 Å². The van der Waals surface area contributed by atoms with E-state index in [1.54, 1.807) is 0 Å². The van der Waals surface area contributed by atoms with Crippen LogP contribution in [0.5, 0.6) is 0 Å². The van der Waals surface area contributed by atoms with Crippen LogP contribution in [0.3, 0.4) is 0 Å². The third-order valence-electron chi connectivity index (χ3n) is 2.05. The van der Waals surface area contributed by atoms with Crippen LogP contribution in [0, 0.1) is 0 Å². The van der Waals surface area contributed by atoms with Crippen molar-refractivity contribution in [3.8, 4) is 0 Å². The maximum atomic E-state index is 11.1. The number of esters is 1. The number of hydrogen-bond acceptors (Lipinski definition) is 3. The Labute approximate surface area is 101 Å². The van der Waals surface area contributed by atoms with Crippen LogP contribution >= 0.6 is 0 Å². The van der Waals surface area contributed by atoms with Gasteiger partial charge in [0, 0.05) is 6.42 Å². The summed E-state index contributed by atoms with van der Waals surface area (Å²) in [6.07, 6.45) is -0.179. The van der Waals surface area contributed by atoms with Gasteiger partial charge in [-0.05, 0) is 5.56 Å². The van der Waals surface area contributed by atoms with Gasteiger partial charge in [-0.1, -0.05) is 30.3 Å². The molecule has 15 heavy (non-hydrogen) atoms. The van der Waals surface area contributed by atoms with Gasteiger partial charge in [-0.3, -0.25) is 0 Å². The monoisotopic (exact) mass is 199 g/mol. The molecule has 1 fully saturated rings. The summed E-state index contributed by atoms with van der Waals surface area (Å²) in [5.74, 6) is -0.501. The van der Waals surface area contributed by atoms with E-state index in [4.69, 9.17) is 0 Å². The fourth-order valence-electron chi connectivity index (χ4n) is 1.38. The van der Waals surface area contributed by atoms with Crippen molar-refractivity contribution in [3.63, 3.8) is 0 Å². The van der Waals surface area contributed by atoms with Crippen LogP contribution in [-0.2, 0) is 16.0 Å². The zero-order valence-electron chi connectivity index (χ0n) is 9.40. The number of rotatable bonds is 2.